The van der Waals surface area contributed by atoms with Crippen LogP contribution in [-0.2, 0) is 14.2 Å². The highest BCUT2D eigenvalue weighted by atomic mass is 16.5. The molecule has 0 saturated carbocycles. The number of hydrogen-bond acceptors (Lipinski definition) is 5. The van der Waals surface area contributed by atoms with Gasteiger partial charge >= 0.3 is 0 Å². The number of hydrogen-bond donors (Lipinski definition) is 1. The predicted octanol–water partition coefficient (Wildman–Crippen LogP) is 0.0658. The van der Waals surface area contributed by atoms with E-state index in [-0.39, 0.29) is 6.61 Å². The van der Waals surface area contributed by atoms with Crippen molar-refractivity contribution < 1.29 is 19.3 Å². The van der Waals surface area contributed by atoms with Crippen LogP contribution in [0.5, 0.6) is 0 Å². The fraction of sp³-hybridized carbons (Fsp3) is 0.667. The van der Waals surface area contributed by atoms with Crippen LogP contribution in [0.1, 0.15) is 0 Å². The van der Waals surface area contributed by atoms with E-state index in [0.717, 1.165) is 0 Å². The van der Waals surface area contributed by atoms with Crippen molar-refractivity contribution in [3.05, 3.63) is 12.3 Å². The molecule has 0 rings (SSSR count). The Bertz CT molecular complexity index is 176. The molecular weight excluding hydrogens is 186 g/mol. The fourth-order valence-corrected chi connectivity index (χ4v) is 0.640. The van der Waals surface area contributed by atoms with Crippen molar-refractivity contribution in [3.63, 3.8) is 0 Å². The normalized spacial score (nSPS) is 10.3. The summed E-state index contributed by atoms with van der Waals surface area (Å²) >= 11 is 0. The molecule has 80 valence electrons. The lowest BCUT2D eigenvalue weighted by Gasteiger charge is -2.04. The summed E-state index contributed by atoms with van der Waals surface area (Å²) in [4.78, 5) is 0. The number of aliphatic hydroxyl groups is 1. The third-order valence-corrected chi connectivity index (χ3v) is 1.19. The van der Waals surface area contributed by atoms with Gasteiger partial charge in [-0.15, -0.1) is 0 Å². The van der Waals surface area contributed by atoms with Crippen molar-refractivity contribution in [2.24, 2.45) is 0 Å². The van der Waals surface area contributed by atoms with E-state index >= 15 is 0 Å². The molecule has 0 unspecified atom stereocenters. The van der Waals surface area contributed by atoms with Crippen molar-refractivity contribution in [1.29, 1.82) is 5.26 Å². The highest BCUT2D eigenvalue weighted by molar-refractivity contribution is 4.97. The molecule has 0 aliphatic rings. The van der Waals surface area contributed by atoms with E-state index in [1.165, 1.54) is 12.3 Å². The zero-order valence-corrected chi connectivity index (χ0v) is 8.02. The van der Waals surface area contributed by atoms with E-state index < -0.39 is 0 Å². The van der Waals surface area contributed by atoms with Crippen LogP contribution in [0.3, 0.4) is 0 Å². The second-order valence-corrected chi connectivity index (χ2v) is 2.25. The third-order valence-electron chi connectivity index (χ3n) is 1.19. The maximum atomic E-state index is 8.37. The van der Waals surface area contributed by atoms with Gasteiger partial charge in [0, 0.05) is 0 Å². The van der Waals surface area contributed by atoms with Crippen LogP contribution in [0.25, 0.3) is 0 Å². The Hall–Kier alpha value is -1.09. The summed E-state index contributed by atoms with van der Waals surface area (Å²) in [6, 6.07) is 1.80. The smallest absolute Gasteiger partial charge is 0.111 e. The Morgan fingerprint density at radius 2 is 1.71 bits per heavy atom. The molecule has 0 aromatic heterocycles. The minimum absolute atomic E-state index is 0.0298. The van der Waals surface area contributed by atoms with Crippen LogP contribution < -0.4 is 0 Å². The summed E-state index contributed by atoms with van der Waals surface area (Å²) in [5, 5.41) is 16.5. The number of aliphatic hydroxyl groups excluding tert-OH is 1. The van der Waals surface area contributed by atoms with Crippen LogP contribution in [-0.4, -0.2) is 44.7 Å². The highest BCUT2D eigenvalue weighted by Crippen LogP contribution is 1.81. The molecule has 5 heteroatoms. The van der Waals surface area contributed by atoms with Gasteiger partial charge in [0.2, 0.25) is 0 Å². The maximum absolute atomic E-state index is 8.37. The lowest BCUT2D eigenvalue weighted by Crippen LogP contribution is -2.09. The Balaban J connectivity index is 2.93. The molecule has 0 heterocycles. The molecule has 0 aromatic carbocycles. The molecule has 0 aromatic rings. The minimum Gasteiger partial charge on any atom is -0.498 e. The summed E-state index contributed by atoms with van der Waals surface area (Å²) in [6.45, 7) is 2.18. The van der Waals surface area contributed by atoms with Gasteiger partial charge in [-0.25, -0.2) is 0 Å². The van der Waals surface area contributed by atoms with E-state index in [1.807, 2.05) is 0 Å². The quantitative estimate of drug-likeness (QED) is 0.324. The highest BCUT2D eigenvalue weighted by Gasteiger charge is 1.88. The third kappa shape index (κ3) is 10.9. The zero-order valence-electron chi connectivity index (χ0n) is 8.02. The van der Waals surface area contributed by atoms with Gasteiger partial charge in [0.25, 0.3) is 0 Å². The van der Waals surface area contributed by atoms with E-state index in [0.29, 0.717) is 33.0 Å². The Kier molecular flexibility index (Phi) is 11.0. The minimum atomic E-state index is 0.0298. The molecule has 0 fully saturated rings. The van der Waals surface area contributed by atoms with Crippen LogP contribution in [0, 0.1) is 11.3 Å². The fourth-order valence-electron chi connectivity index (χ4n) is 0.640. The van der Waals surface area contributed by atoms with Crippen molar-refractivity contribution >= 4 is 0 Å². The van der Waals surface area contributed by atoms with Gasteiger partial charge in [0.15, 0.2) is 0 Å². The summed E-state index contributed by atoms with van der Waals surface area (Å²) < 4.78 is 15.0. The topological polar surface area (TPSA) is 71.7 Å². The van der Waals surface area contributed by atoms with E-state index in [9.17, 15) is 0 Å². The van der Waals surface area contributed by atoms with Crippen molar-refractivity contribution in [2.45, 2.75) is 0 Å². The van der Waals surface area contributed by atoms with Crippen molar-refractivity contribution in [2.75, 3.05) is 39.6 Å². The molecule has 0 aliphatic heterocycles. The first-order chi connectivity index (χ1) is 6.91. The SMILES string of the molecule is N#CC=COCCOCCOCCO. The number of nitrogens with zero attached hydrogens (tertiary/aromatic N) is 1. The second-order valence-electron chi connectivity index (χ2n) is 2.25. The lowest BCUT2D eigenvalue weighted by molar-refractivity contribution is 0.0203. The van der Waals surface area contributed by atoms with E-state index in [1.54, 1.807) is 6.07 Å². The number of rotatable bonds is 9. The number of ether oxygens (including phenoxy) is 3. The van der Waals surface area contributed by atoms with Crippen LogP contribution in [0.2, 0.25) is 0 Å². The van der Waals surface area contributed by atoms with Gasteiger partial charge in [-0.05, 0) is 0 Å². The molecular formula is C9H15NO4. The molecule has 0 spiro atoms. The molecule has 0 bridgehead atoms. The Labute approximate surface area is 83.5 Å². The largest absolute Gasteiger partial charge is 0.498 e. The van der Waals surface area contributed by atoms with E-state index in [4.69, 9.17) is 24.6 Å². The van der Waals surface area contributed by atoms with Crippen LogP contribution in [0.15, 0.2) is 12.3 Å². The average molecular weight is 201 g/mol. The lowest BCUT2D eigenvalue weighted by atomic mass is 10.7. The standard InChI is InChI=1S/C9H15NO4/c10-2-1-4-12-6-8-14-9-7-13-5-3-11/h1,4,11H,3,5-9H2. The Morgan fingerprint density at radius 1 is 1.07 bits per heavy atom. The molecule has 0 atom stereocenters. The van der Waals surface area contributed by atoms with E-state index in [2.05, 4.69) is 0 Å². The zero-order chi connectivity index (χ0) is 10.5. The number of nitriles is 1. The van der Waals surface area contributed by atoms with Gasteiger partial charge in [-0.2, -0.15) is 5.26 Å². The average Bonchev–Trinajstić information content (AvgIpc) is 2.21. The first kappa shape index (κ1) is 12.9. The van der Waals surface area contributed by atoms with Gasteiger partial charge in [0.05, 0.1) is 51.4 Å². The van der Waals surface area contributed by atoms with Gasteiger partial charge < -0.3 is 19.3 Å². The Morgan fingerprint density at radius 3 is 2.36 bits per heavy atom. The monoisotopic (exact) mass is 201 g/mol. The predicted molar refractivity (Wildman–Crippen MR) is 49.4 cm³/mol. The summed E-state index contributed by atoms with van der Waals surface area (Å²) in [5.41, 5.74) is 0. The molecule has 0 saturated heterocycles. The summed E-state index contributed by atoms with van der Waals surface area (Å²) in [6.07, 6.45) is 2.58. The van der Waals surface area contributed by atoms with Gasteiger partial charge in [-0.1, -0.05) is 0 Å². The second kappa shape index (κ2) is 11.9. The molecule has 0 aliphatic carbocycles. The first-order valence-electron chi connectivity index (χ1n) is 4.34. The summed E-state index contributed by atoms with van der Waals surface area (Å²) in [7, 11) is 0. The summed E-state index contributed by atoms with van der Waals surface area (Å²) in [5.74, 6) is 0. The molecule has 0 amide bonds. The molecule has 5 nitrogen and oxygen atoms in total. The van der Waals surface area contributed by atoms with Gasteiger partial charge in [-0.3, -0.25) is 0 Å². The molecule has 14 heavy (non-hydrogen) atoms. The molecule has 1 N–H and O–H groups in total. The maximum Gasteiger partial charge on any atom is 0.111 e. The van der Waals surface area contributed by atoms with Crippen LogP contribution >= 0.6 is 0 Å². The van der Waals surface area contributed by atoms with Gasteiger partial charge in [0.1, 0.15) is 6.61 Å². The first-order valence-corrected chi connectivity index (χ1v) is 4.34. The van der Waals surface area contributed by atoms with Crippen molar-refractivity contribution in [1.82, 2.24) is 0 Å². The molecule has 0 radical (unpaired) electrons. The number of allylic oxidation sites excluding steroid dienone is 1. The van der Waals surface area contributed by atoms with Crippen LogP contribution in [0.4, 0.5) is 0 Å². The van der Waals surface area contributed by atoms with Crippen molar-refractivity contribution in [3.8, 4) is 6.07 Å².